The molecule has 3 aliphatic carbocycles. The highest BCUT2D eigenvalue weighted by Gasteiger charge is 2.53. The van der Waals surface area contributed by atoms with Crippen LogP contribution in [0.2, 0.25) is 0 Å². The quantitative estimate of drug-likeness (QED) is 0.775. The van der Waals surface area contributed by atoms with Crippen molar-refractivity contribution in [1.82, 2.24) is 20.0 Å². The molecule has 2 aromatic rings. The second-order valence-corrected chi connectivity index (χ2v) is 10.5. The van der Waals surface area contributed by atoms with Crippen LogP contribution in [0.15, 0.2) is 42.7 Å². The molecule has 4 fully saturated rings. The van der Waals surface area contributed by atoms with Crippen molar-refractivity contribution in [2.24, 2.45) is 29.6 Å². The Labute approximate surface area is 185 Å². The number of rotatable bonds is 6. The number of aromatic nitrogens is 2. The molecule has 1 aromatic carbocycles. The van der Waals surface area contributed by atoms with Gasteiger partial charge in [-0.05, 0) is 54.9 Å². The molecule has 5 heteroatoms. The van der Waals surface area contributed by atoms with Crippen LogP contribution in [0.4, 0.5) is 0 Å². The molecule has 164 valence electrons. The lowest BCUT2D eigenvalue weighted by Crippen LogP contribution is -2.42. The number of hydrogen-bond donors (Lipinski definition) is 1. The van der Waals surface area contributed by atoms with E-state index in [-0.39, 0.29) is 11.9 Å². The normalized spacial score (nSPS) is 36.5. The molecular formula is C26H34N4O. The Hall–Kier alpha value is -2.14. The van der Waals surface area contributed by atoms with Crippen LogP contribution in [-0.4, -0.2) is 40.2 Å². The molecule has 1 amide bonds. The average Bonchev–Trinajstić information content (AvgIpc) is 3.56. The lowest BCUT2D eigenvalue weighted by Gasteiger charge is -2.33. The predicted octanol–water partition coefficient (Wildman–Crippen LogP) is 3.87. The first-order chi connectivity index (χ1) is 15.2. The van der Waals surface area contributed by atoms with Crippen LogP contribution in [0.3, 0.4) is 0 Å². The van der Waals surface area contributed by atoms with Gasteiger partial charge in [0.15, 0.2) is 0 Å². The fraction of sp³-hybridized carbons (Fsp3) is 0.615. The van der Waals surface area contributed by atoms with Crippen molar-refractivity contribution in [1.29, 1.82) is 0 Å². The van der Waals surface area contributed by atoms with Crippen LogP contribution in [0.5, 0.6) is 0 Å². The smallest absolute Gasteiger partial charge is 0.223 e. The summed E-state index contributed by atoms with van der Waals surface area (Å²) in [5.41, 5.74) is 2.41. The number of nitrogens with one attached hydrogen (secondary N) is 1. The zero-order valence-corrected chi connectivity index (χ0v) is 18.5. The molecule has 4 aliphatic rings. The van der Waals surface area contributed by atoms with Gasteiger partial charge in [-0.1, -0.05) is 36.8 Å². The maximum atomic E-state index is 12.6. The Balaban J connectivity index is 1.13. The van der Waals surface area contributed by atoms with E-state index in [2.05, 4.69) is 40.9 Å². The topological polar surface area (TPSA) is 50.2 Å². The van der Waals surface area contributed by atoms with Crippen LogP contribution in [0, 0.1) is 29.6 Å². The zero-order valence-electron chi connectivity index (χ0n) is 18.5. The molecule has 7 atom stereocenters. The maximum Gasteiger partial charge on any atom is 0.223 e. The number of carbonyl (C=O) groups excluding carboxylic acids is 1. The molecule has 5 unspecified atom stereocenters. The minimum Gasteiger partial charge on any atom is -0.338 e. The first-order valence-electron chi connectivity index (χ1n) is 12.2. The average molecular weight is 419 g/mol. The van der Waals surface area contributed by atoms with E-state index in [9.17, 15) is 4.79 Å². The largest absolute Gasteiger partial charge is 0.338 e. The minimum atomic E-state index is 0.127. The first-order valence-corrected chi connectivity index (χ1v) is 12.2. The second kappa shape index (κ2) is 7.77. The summed E-state index contributed by atoms with van der Waals surface area (Å²) in [6, 6.07) is 11.2. The predicted molar refractivity (Wildman–Crippen MR) is 120 cm³/mol. The van der Waals surface area contributed by atoms with Crippen molar-refractivity contribution in [3.8, 4) is 0 Å². The van der Waals surface area contributed by atoms with Gasteiger partial charge in [-0.2, -0.15) is 5.10 Å². The van der Waals surface area contributed by atoms with Crippen molar-refractivity contribution < 1.29 is 4.79 Å². The van der Waals surface area contributed by atoms with Crippen LogP contribution < -0.4 is 5.32 Å². The first kappa shape index (κ1) is 19.5. The molecule has 2 bridgehead atoms. The van der Waals surface area contributed by atoms with E-state index < -0.39 is 0 Å². The third kappa shape index (κ3) is 3.42. The third-order valence-corrected chi connectivity index (χ3v) is 8.95. The molecular weight excluding hydrogens is 384 g/mol. The summed E-state index contributed by atoms with van der Waals surface area (Å²) in [4.78, 5) is 14.6. The molecule has 1 aromatic heterocycles. The van der Waals surface area contributed by atoms with Gasteiger partial charge in [0.2, 0.25) is 5.91 Å². The fourth-order valence-electron chi connectivity index (χ4n) is 7.63. The van der Waals surface area contributed by atoms with E-state index in [1.807, 2.05) is 28.9 Å². The van der Waals surface area contributed by atoms with E-state index in [1.54, 1.807) is 0 Å². The molecule has 0 radical (unpaired) electrons. The van der Waals surface area contributed by atoms with E-state index in [1.165, 1.54) is 43.2 Å². The van der Waals surface area contributed by atoms with Gasteiger partial charge in [0.1, 0.15) is 0 Å². The summed E-state index contributed by atoms with van der Waals surface area (Å²) < 4.78 is 2.00. The highest BCUT2D eigenvalue weighted by atomic mass is 16.2. The number of carbonyl (C=O) groups is 1. The number of benzene rings is 1. The van der Waals surface area contributed by atoms with Crippen LogP contribution in [0.1, 0.15) is 55.7 Å². The Bertz CT molecular complexity index is 940. The van der Waals surface area contributed by atoms with E-state index in [4.69, 9.17) is 0 Å². The summed E-state index contributed by atoms with van der Waals surface area (Å²) >= 11 is 0. The maximum absolute atomic E-state index is 12.6. The van der Waals surface area contributed by atoms with E-state index in [0.717, 1.165) is 36.8 Å². The fourth-order valence-corrected chi connectivity index (χ4v) is 7.63. The van der Waals surface area contributed by atoms with Crippen molar-refractivity contribution in [2.45, 2.75) is 57.2 Å². The van der Waals surface area contributed by atoms with Crippen molar-refractivity contribution in [3.05, 3.63) is 53.9 Å². The second-order valence-electron chi connectivity index (χ2n) is 10.5. The van der Waals surface area contributed by atoms with Crippen LogP contribution in [-0.2, 0) is 11.3 Å². The third-order valence-electron chi connectivity index (χ3n) is 8.95. The van der Waals surface area contributed by atoms with Crippen molar-refractivity contribution in [3.63, 3.8) is 0 Å². The standard InChI is InChI=1S/C26H34N4O/c1-29-25(31)12-19(13-27-24-11-18-10-23(24)22-9-5-8-21(18)22)26(29)20-14-28-30(16-20)15-17-6-3-2-4-7-17/h2-4,6-7,14,16,18-19,21-24,26-27H,5,8-13,15H2,1H3/t18?,19-,21?,22?,23?,24?,26+/m0/s1. The SMILES string of the molecule is CN1C(=O)C[C@@H](CNC2CC3CC2C2CCCC32)[C@@H]1c1cnn(Cc2ccccc2)c1. The number of hydrogen-bond acceptors (Lipinski definition) is 3. The Morgan fingerprint density at radius 1 is 1.10 bits per heavy atom. The van der Waals surface area contributed by atoms with Gasteiger partial charge in [0.05, 0.1) is 18.8 Å². The number of nitrogens with zero attached hydrogens (tertiary/aromatic N) is 3. The molecule has 31 heavy (non-hydrogen) atoms. The van der Waals surface area contributed by atoms with Gasteiger partial charge in [0, 0.05) is 43.7 Å². The molecule has 5 nitrogen and oxygen atoms in total. The number of amides is 1. The van der Waals surface area contributed by atoms with E-state index in [0.29, 0.717) is 18.4 Å². The monoisotopic (exact) mass is 418 g/mol. The van der Waals surface area contributed by atoms with Gasteiger partial charge < -0.3 is 10.2 Å². The van der Waals surface area contributed by atoms with Crippen LogP contribution >= 0.6 is 0 Å². The lowest BCUT2D eigenvalue weighted by molar-refractivity contribution is -0.127. The molecule has 2 heterocycles. The number of fused-ring (bicyclic) bond motifs is 5. The summed E-state index contributed by atoms with van der Waals surface area (Å²) in [7, 11) is 1.96. The molecule has 6 rings (SSSR count). The van der Waals surface area contributed by atoms with E-state index >= 15 is 0 Å². The lowest BCUT2D eigenvalue weighted by atomic mass is 9.79. The summed E-state index contributed by atoms with van der Waals surface area (Å²) in [6.07, 6.45) is 12.0. The summed E-state index contributed by atoms with van der Waals surface area (Å²) in [5.74, 6) is 4.46. The Morgan fingerprint density at radius 3 is 2.81 bits per heavy atom. The molecule has 3 saturated carbocycles. The van der Waals surface area contributed by atoms with Gasteiger partial charge in [-0.15, -0.1) is 0 Å². The summed E-state index contributed by atoms with van der Waals surface area (Å²) in [5, 5.41) is 8.56. The van der Waals surface area contributed by atoms with Crippen molar-refractivity contribution in [2.75, 3.05) is 13.6 Å². The molecule has 1 N–H and O–H groups in total. The summed E-state index contributed by atoms with van der Waals surface area (Å²) in [6.45, 7) is 1.71. The van der Waals surface area contributed by atoms with Gasteiger partial charge in [-0.3, -0.25) is 9.48 Å². The highest BCUT2D eigenvalue weighted by Crippen LogP contribution is 2.58. The molecule has 1 saturated heterocycles. The minimum absolute atomic E-state index is 0.127. The zero-order chi connectivity index (χ0) is 20.9. The Kier molecular flexibility index (Phi) is 4.90. The van der Waals surface area contributed by atoms with Gasteiger partial charge >= 0.3 is 0 Å². The molecule has 1 aliphatic heterocycles. The highest BCUT2D eigenvalue weighted by molar-refractivity contribution is 5.79. The van der Waals surface area contributed by atoms with Crippen molar-refractivity contribution >= 4 is 5.91 Å². The van der Waals surface area contributed by atoms with Gasteiger partial charge in [-0.25, -0.2) is 0 Å². The Morgan fingerprint density at radius 2 is 1.94 bits per heavy atom. The van der Waals surface area contributed by atoms with Crippen LogP contribution in [0.25, 0.3) is 0 Å². The molecule has 0 spiro atoms. The number of likely N-dealkylation sites (tertiary alicyclic amines) is 1. The van der Waals surface area contributed by atoms with Gasteiger partial charge in [0.25, 0.3) is 0 Å².